The van der Waals surface area contributed by atoms with Crippen molar-refractivity contribution in [2.45, 2.75) is 20.0 Å². The molecule has 0 aliphatic rings. The first-order valence-corrected chi connectivity index (χ1v) is 8.41. The van der Waals surface area contributed by atoms with E-state index in [1.807, 2.05) is 13.8 Å². The van der Waals surface area contributed by atoms with Crippen molar-refractivity contribution in [1.82, 2.24) is 10.9 Å². The number of nitrogens with one attached hydrogen (secondary N) is 2. The highest BCUT2D eigenvalue weighted by Gasteiger charge is 2.12. The maximum absolute atomic E-state index is 12.2. The smallest absolute Gasteiger partial charge is 0.269 e. The van der Waals surface area contributed by atoms with Crippen LogP contribution in [-0.2, 0) is 0 Å². The summed E-state index contributed by atoms with van der Waals surface area (Å²) in [4.78, 5) is 24.3. The van der Waals surface area contributed by atoms with Gasteiger partial charge in [0.2, 0.25) is 0 Å². The summed E-state index contributed by atoms with van der Waals surface area (Å²) in [5.74, 6) is 0.331. The third-order valence-corrected chi connectivity index (χ3v) is 3.79. The van der Waals surface area contributed by atoms with E-state index < -0.39 is 11.8 Å². The van der Waals surface area contributed by atoms with Crippen molar-refractivity contribution in [3.8, 4) is 11.5 Å². The normalized spacial score (nSPS) is 10.3. The van der Waals surface area contributed by atoms with E-state index >= 15 is 0 Å². The molecule has 132 valence electrons. The van der Waals surface area contributed by atoms with E-state index in [2.05, 4.69) is 26.8 Å². The molecule has 6 nitrogen and oxygen atoms in total. The second kappa shape index (κ2) is 8.53. The van der Waals surface area contributed by atoms with Gasteiger partial charge >= 0.3 is 0 Å². The minimum absolute atomic E-state index is 0.00605. The molecule has 0 heterocycles. The van der Waals surface area contributed by atoms with Gasteiger partial charge in [0.1, 0.15) is 11.5 Å². The first-order chi connectivity index (χ1) is 11.9. The standard InChI is InChI=1S/C18H19BrN2O4/c1-11(2)25-14-6-4-5-12(9-14)17(22)20-21-18(23)13-7-8-16(24-3)15(19)10-13/h4-11H,1-3H3,(H,20,22)(H,21,23). The van der Waals surface area contributed by atoms with Crippen molar-refractivity contribution < 1.29 is 19.1 Å². The Labute approximate surface area is 154 Å². The van der Waals surface area contributed by atoms with E-state index in [1.165, 1.54) is 7.11 Å². The molecular formula is C18H19BrN2O4. The third kappa shape index (κ3) is 5.22. The van der Waals surface area contributed by atoms with Crippen molar-refractivity contribution in [3.05, 3.63) is 58.1 Å². The number of carbonyl (C=O) groups is 2. The average molecular weight is 407 g/mol. The summed E-state index contributed by atoms with van der Waals surface area (Å²) in [6.45, 7) is 3.81. The highest BCUT2D eigenvalue weighted by molar-refractivity contribution is 9.10. The van der Waals surface area contributed by atoms with Crippen molar-refractivity contribution in [3.63, 3.8) is 0 Å². The monoisotopic (exact) mass is 406 g/mol. The number of ether oxygens (including phenoxy) is 2. The number of amides is 2. The Bertz CT molecular complexity index is 777. The molecule has 0 spiro atoms. The van der Waals surface area contributed by atoms with Crippen molar-refractivity contribution in [1.29, 1.82) is 0 Å². The van der Waals surface area contributed by atoms with Gasteiger partial charge in [0.25, 0.3) is 11.8 Å². The summed E-state index contributed by atoms with van der Waals surface area (Å²) in [6.07, 6.45) is 0.00605. The molecule has 2 aromatic rings. The topological polar surface area (TPSA) is 76.7 Å². The molecule has 2 amide bonds. The summed E-state index contributed by atoms with van der Waals surface area (Å²) in [5.41, 5.74) is 5.53. The van der Waals surface area contributed by atoms with E-state index in [1.54, 1.807) is 42.5 Å². The van der Waals surface area contributed by atoms with E-state index in [9.17, 15) is 9.59 Å². The third-order valence-electron chi connectivity index (χ3n) is 3.17. The van der Waals surface area contributed by atoms with Crippen molar-refractivity contribution in [2.24, 2.45) is 0 Å². The molecule has 0 aliphatic carbocycles. The van der Waals surface area contributed by atoms with Crippen LogP contribution in [0.1, 0.15) is 34.6 Å². The molecule has 2 N–H and O–H groups in total. The average Bonchev–Trinajstić information content (AvgIpc) is 2.58. The molecule has 7 heteroatoms. The number of hydrogen-bond donors (Lipinski definition) is 2. The maximum atomic E-state index is 12.2. The van der Waals surface area contributed by atoms with Crippen LogP contribution in [0.5, 0.6) is 11.5 Å². The number of hydrazine groups is 1. The van der Waals surface area contributed by atoms with Crippen LogP contribution < -0.4 is 20.3 Å². The highest BCUT2D eigenvalue weighted by Crippen LogP contribution is 2.25. The van der Waals surface area contributed by atoms with Gasteiger partial charge in [0.05, 0.1) is 17.7 Å². The Morgan fingerprint density at radius 1 is 1.00 bits per heavy atom. The van der Waals surface area contributed by atoms with Gasteiger partial charge < -0.3 is 9.47 Å². The fourth-order valence-corrected chi connectivity index (χ4v) is 2.59. The Hall–Kier alpha value is -2.54. The Morgan fingerprint density at radius 3 is 2.20 bits per heavy atom. The number of carbonyl (C=O) groups excluding carboxylic acids is 2. The lowest BCUT2D eigenvalue weighted by Gasteiger charge is -2.12. The lowest BCUT2D eigenvalue weighted by Crippen LogP contribution is -2.41. The van der Waals surface area contributed by atoms with Gasteiger partial charge in [0.15, 0.2) is 0 Å². The van der Waals surface area contributed by atoms with Crippen LogP contribution in [0.15, 0.2) is 46.9 Å². The molecule has 0 unspecified atom stereocenters. The lowest BCUT2D eigenvalue weighted by atomic mass is 10.2. The molecule has 0 atom stereocenters. The predicted octanol–water partition coefficient (Wildman–Crippen LogP) is 3.32. The van der Waals surface area contributed by atoms with Gasteiger partial charge in [-0.15, -0.1) is 0 Å². The van der Waals surface area contributed by atoms with Gasteiger partial charge in [-0.05, 0) is 66.2 Å². The van der Waals surface area contributed by atoms with Crippen LogP contribution in [0, 0.1) is 0 Å². The predicted molar refractivity (Wildman–Crippen MR) is 97.8 cm³/mol. The quantitative estimate of drug-likeness (QED) is 0.746. The van der Waals surface area contributed by atoms with Crippen LogP contribution >= 0.6 is 15.9 Å². The summed E-state index contributed by atoms with van der Waals surface area (Å²) < 4.78 is 11.3. The SMILES string of the molecule is COc1ccc(C(=O)NNC(=O)c2cccc(OC(C)C)c2)cc1Br. The molecule has 2 aromatic carbocycles. The van der Waals surface area contributed by atoms with E-state index in [-0.39, 0.29) is 6.10 Å². The molecule has 0 aromatic heterocycles. The van der Waals surface area contributed by atoms with E-state index in [0.717, 1.165) is 0 Å². The van der Waals surface area contributed by atoms with Crippen LogP contribution in [0.2, 0.25) is 0 Å². The minimum Gasteiger partial charge on any atom is -0.496 e. The molecule has 0 bridgehead atoms. The molecule has 0 aliphatic heterocycles. The van der Waals surface area contributed by atoms with E-state index in [0.29, 0.717) is 27.1 Å². The summed E-state index contributed by atoms with van der Waals surface area (Å²) >= 11 is 3.31. The molecule has 0 saturated heterocycles. The first-order valence-electron chi connectivity index (χ1n) is 7.61. The van der Waals surface area contributed by atoms with Crippen LogP contribution in [0.3, 0.4) is 0 Å². The molecule has 0 saturated carbocycles. The fourth-order valence-electron chi connectivity index (χ4n) is 2.05. The zero-order valence-corrected chi connectivity index (χ0v) is 15.7. The molecular weight excluding hydrogens is 388 g/mol. The molecule has 0 radical (unpaired) electrons. The zero-order chi connectivity index (χ0) is 18.4. The Kier molecular flexibility index (Phi) is 6.41. The van der Waals surface area contributed by atoms with Crippen LogP contribution in [0.25, 0.3) is 0 Å². The summed E-state index contributed by atoms with van der Waals surface area (Å²) in [6, 6.07) is 11.6. The first kappa shape index (κ1) is 18.8. The molecule has 25 heavy (non-hydrogen) atoms. The minimum atomic E-state index is -0.439. The fraction of sp³-hybridized carbons (Fsp3) is 0.222. The maximum Gasteiger partial charge on any atom is 0.269 e. The van der Waals surface area contributed by atoms with Gasteiger partial charge in [-0.1, -0.05) is 6.07 Å². The number of hydrogen-bond acceptors (Lipinski definition) is 4. The van der Waals surface area contributed by atoms with Gasteiger partial charge in [-0.3, -0.25) is 20.4 Å². The number of benzene rings is 2. The largest absolute Gasteiger partial charge is 0.496 e. The van der Waals surface area contributed by atoms with Crippen molar-refractivity contribution >= 4 is 27.7 Å². The zero-order valence-electron chi connectivity index (χ0n) is 14.1. The Morgan fingerprint density at radius 2 is 1.64 bits per heavy atom. The second-order valence-electron chi connectivity index (χ2n) is 5.45. The van der Waals surface area contributed by atoms with Crippen molar-refractivity contribution in [2.75, 3.05) is 7.11 Å². The van der Waals surface area contributed by atoms with Gasteiger partial charge in [-0.2, -0.15) is 0 Å². The Balaban J connectivity index is 1.99. The number of rotatable bonds is 5. The highest BCUT2D eigenvalue weighted by atomic mass is 79.9. The van der Waals surface area contributed by atoms with Gasteiger partial charge in [-0.25, -0.2) is 0 Å². The lowest BCUT2D eigenvalue weighted by molar-refractivity contribution is 0.0846. The molecule has 0 fully saturated rings. The summed E-state index contributed by atoms with van der Waals surface area (Å²) in [7, 11) is 1.54. The van der Waals surface area contributed by atoms with Crippen LogP contribution in [-0.4, -0.2) is 25.0 Å². The number of halogens is 1. The number of methoxy groups -OCH3 is 1. The van der Waals surface area contributed by atoms with E-state index in [4.69, 9.17) is 9.47 Å². The van der Waals surface area contributed by atoms with Crippen LogP contribution in [0.4, 0.5) is 0 Å². The van der Waals surface area contributed by atoms with Gasteiger partial charge in [0, 0.05) is 11.1 Å². The second-order valence-corrected chi connectivity index (χ2v) is 6.31. The summed E-state index contributed by atoms with van der Waals surface area (Å²) in [5, 5.41) is 0. The molecule has 2 rings (SSSR count).